The smallest absolute Gasteiger partial charge is 0.298 e. The van der Waals surface area contributed by atoms with E-state index < -0.39 is 11.7 Å². The first-order chi connectivity index (χ1) is 18.7. The van der Waals surface area contributed by atoms with Crippen molar-refractivity contribution < 1.29 is 9.59 Å². The summed E-state index contributed by atoms with van der Waals surface area (Å²) in [5.41, 5.74) is 4.22. The van der Waals surface area contributed by atoms with Gasteiger partial charge in [-0.2, -0.15) is 0 Å². The minimum Gasteiger partial charge on any atom is -0.367 e. The number of hydrogen-bond acceptors (Lipinski definition) is 6. The van der Waals surface area contributed by atoms with Crippen molar-refractivity contribution in [3.05, 3.63) is 107 Å². The highest BCUT2D eigenvalue weighted by molar-refractivity contribution is 7.09. The van der Waals surface area contributed by atoms with E-state index in [4.69, 9.17) is 0 Å². The first-order valence-corrected chi connectivity index (χ1v) is 13.5. The third-order valence-electron chi connectivity index (χ3n) is 6.90. The van der Waals surface area contributed by atoms with Gasteiger partial charge in [-0.25, -0.2) is 0 Å². The molecule has 1 fully saturated rings. The lowest BCUT2D eigenvalue weighted by molar-refractivity contribution is -0.112. The quantitative estimate of drug-likeness (QED) is 0.235. The summed E-state index contributed by atoms with van der Waals surface area (Å²) in [4.78, 5) is 37.3. The van der Waals surface area contributed by atoms with E-state index >= 15 is 0 Å². The van der Waals surface area contributed by atoms with Crippen molar-refractivity contribution in [2.45, 2.75) is 6.54 Å². The Balaban J connectivity index is 1.22. The number of anilines is 2. The summed E-state index contributed by atoms with van der Waals surface area (Å²) in [6.07, 6.45) is 5.15. The average Bonchev–Trinajstić information content (AvgIpc) is 3.62. The highest BCUT2D eigenvalue weighted by Crippen LogP contribution is 2.30. The zero-order valence-corrected chi connectivity index (χ0v) is 21.6. The van der Waals surface area contributed by atoms with E-state index in [1.807, 2.05) is 66.9 Å². The number of aromatic nitrogens is 2. The number of nitrogens with one attached hydrogen (secondary N) is 1. The number of thiophene rings is 1. The van der Waals surface area contributed by atoms with Crippen molar-refractivity contribution in [1.29, 1.82) is 0 Å². The molecule has 0 aliphatic carbocycles. The van der Waals surface area contributed by atoms with Gasteiger partial charge in [0.05, 0.1) is 17.6 Å². The normalized spacial score (nSPS) is 14.1. The molecule has 5 aromatic rings. The first kappa shape index (κ1) is 24.1. The summed E-state index contributed by atoms with van der Waals surface area (Å²) >= 11 is 1.78. The molecule has 0 radical (unpaired) electrons. The van der Waals surface area contributed by atoms with Crippen LogP contribution in [0.25, 0.3) is 16.6 Å². The second kappa shape index (κ2) is 10.6. The van der Waals surface area contributed by atoms with Crippen LogP contribution in [0.5, 0.6) is 0 Å². The van der Waals surface area contributed by atoms with Crippen LogP contribution in [0.2, 0.25) is 0 Å². The fraction of sp³-hybridized carbons (Fsp3) is 0.167. The second-order valence-electron chi connectivity index (χ2n) is 9.29. The number of rotatable bonds is 7. The van der Waals surface area contributed by atoms with E-state index in [1.54, 1.807) is 28.1 Å². The molecule has 0 saturated carbocycles. The van der Waals surface area contributed by atoms with Crippen LogP contribution < -0.4 is 10.2 Å². The lowest BCUT2D eigenvalue weighted by Crippen LogP contribution is -2.46. The molecule has 7 nitrogen and oxygen atoms in total. The minimum atomic E-state index is -0.684. The van der Waals surface area contributed by atoms with Crippen LogP contribution in [0.4, 0.5) is 11.4 Å². The summed E-state index contributed by atoms with van der Waals surface area (Å²) in [6.45, 7) is 4.45. The fourth-order valence-corrected chi connectivity index (χ4v) is 5.75. The predicted molar refractivity (Wildman–Crippen MR) is 152 cm³/mol. The van der Waals surface area contributed by atoms with Crippen molar-refractivity contribution in [1.82, 2.24) is 14.3 Å². The number of benzene rings is 1. The zero-order valence-electron chi connectivity index (χ0n) is 20.8. The maximum Gasteiger partial charge on any atom is 0.298 e. The minimum absolute atomic E-state index is 0.344. The Morgan fingerprint density at radius 1 is 0.921 bits per heavy atom. The van der Waals surface area contributed by atoms with Crippen LogP contribution in [0, 0.1) is 0 Å². The molecular formula is C30H27N5O2S. The number of fused-ring (bicyclic) bond motifs is 1. The van der Waals surface area contributed by atoms with Gasteiger partial charge in [-0.1, -0.05) is 42.5 Å². The standard InChI is InChI=1S/C30H27N5O2S/c36-29(28-25(22-7-2-1-3-8-22)19-23-9-4-5-13-35(23)28)30(37)32-26-20-31-12-11-27(26)34-16-14-33(15-17-34)21-24-10-6-18-38-24/h1-13,18-20H,14-17,21H2,(H,32,37). The molecule has 0 unspecified atom stereocenters. The highest BCUT2D eigenvalue weighted by Gasteiger charge is 2.26. The summed E-state index contributed by atoms with van der Waals surface area (Å²) in [5.74, 6) is -1.28. The molecule has 5 heterocycles. The monoisotopic (exact) mass is 521 g/mol. The largest absolute Gasteiger partial charge is 0.367 e. The Morgan fingerprint density at radius 2 is 1.74 bits per heavy atom. The van der Waals surface area contributed by atoms with Gasteiger partial charge in [0.2, 0.25) is 0 Å². The first-order valence-electron chi connectivity index (χ1n) is 12.6. The van der Waals surface area contributed by atoms with Crippen LogP contribution >= 0.6 is 11.3 Å². The number of carbonyl (C=O) groups is 2. The van der Waals surface area contributed by atoms with Crippen LogP contribution in [-0.4, -0.2) is 52.2 Å². The third kappa shape index (κ3) is 4.83. The maximum atomic E-state index is 13.6. The Labute approximate surface area is 225 Å². The van der Waals surface area contributed by atoms with Gasteiger partial charge in [0.25, 0.3) is 11.7 Å². The molecule has 4 aromatic heterocycles. The Bertz CT molecular complexity index is 1570. The Kier molecular flexibility index (Phi) is 6.73. The molecule has 6 rings (SSSR count). The van der Waals surface area contributed by atoms with Crippen molar-refractivity contribution in [3.8, 4) is 11.1 Å². The van der Waals surface area contributed by atoms with Gasteiger partial charge >= 0.3 is 0 Å². The van der Waals surface area contributed by atoms with Gasteiger partial charge in [-0.15, -0.1) is 11.3 Å². The topological polar surface area (TPSA) is 70.0 Å². The summed E-state index contributed by atoms with van der Waals surface area (Å²) in [5, 5.41) is 4.98. The molecule has 1 aliphatic heterocycles. The predicted octanol–water partition coefficient (Wildman–Crippen LogP) is 5.21. The molecule has 8 heteroatoms. The van der Waals surface area contributed by atoms with Crippen LogP contribution in [0.1, 0.15) is 15.4 Å². The fourth-order valence-electron chi connectivity index (χ4n) is 5.01. The van der Waals surface area contributed by atoms with Crippen LogP contribution in [0.3, 0.4) is 0 Å². The molecule has 0 spiro atoms. The van der Waals surface area contributed by atoms with Gasteiger partial charge in [-0.05, 0) is 41.3 Å². The van der Waals surface area contributed by atoms with Gasteiger partial charge in [-0.3, -0.25) is 19.5 Å². The van der Waals surface area contributed by atoms with E-state index in [2.05, 4.69) is 37.6 Å². The summed E-state index contributed by atoms with van der Waals surface area (Å²) < 4.78 is 1.78. The molecular weight excluding hydrogens is 494 g/mol. The number of carbonyl (C=O) groups excluding carboxylic acids is 2. The number of pyridine rings is 2. The summed E-state index contributed by atoms with van der Waals surface area (Å²) in [6, 6.07) is 23.5. The third-order valence-corrected chi connectivity index (χ3v) is 7.77. The highest BCUT2D eigenvalue weighted by atomic mass is 32.1. The lowest BCUT2D eigenvalue weighted by atomic mass is 10.0. The Morgan fingerprint density at radius 3 is 2.53 bits per heavy atom. The summed E-state index contributed by atoms with van der Waals surface area (Å²) in [7, 11) is 0. The molecule has 1 aliphatic rings. The van der Waals surface area contributed by atoms with Crippen molar-refractivity contribution in [3.63, 3.8) is 0 Å². The number of amides is 1. The molecule has 1 aromatic carbocycles. The molecule has 1 N–H and O–H groups in total. The van der Waals surface area contributed by atoms with E-state index in [0.29, 0.717) is 11.4 Å². The molecule has 0 bridgehead atoms. The van der Waals surface area contributed by atoms with Crippen molar-refractivity contribution in [2.24, 2.45) is 0 Å². The van der Waals surface area contributed by atoms with Gasteiger partial charge in [0, 0.05) is 61.1 Å². The van der Waals surface area contributed by atoms with E-state index in [-0.39, 0.29) is 0 Å². The second-order valence-corrected chi connectivity index (χ2v) is 10.3. The average molecular weight is 522 g/mol. The number of piperazine rings is 1. The van der Waals surface area contributed by atoms with Crippen LogP contribution in [-0.2, 0) is 11.3 Å². The van der Waals surface area contributed by atoms with Gasteiger partial charge in [0.15, 0.2) is 0 Å². The zero-order chi connectivity index (χ0) is 25.9. The maximum absolute atomic E-state index is 13.6. The number of hydrogen-bond donors (Lipinski definition) is 1. The SMILES string of the molecule is O=C(Nc1cnccc1N1CCN(Cc2cccs2)CC1)C(=O)c1c(-c2ccccc2)cc2ccccn12. The Hall–Kier alpha value is -4.27. The van der Waals surface area contributed by atoms with Gasteiger partial charge in [0.1, 0.15) is 5.69 Å². The molecule has 1 saturated heterocycles. The van der Waals surface area contributed by atoms with E-state index in [0.717, 1.165) is 55.1 Å². The van der Waals surface area contributed by atoms with Crippen LogP contribution in [0.15, 0.2) is 96.8 Å². The van der Waals surface area contributed by atoms with E-state index in [9.17, 15) is 9.59 Å². The van der Waals surface area contributed by atoms with Crippen molar-refractivity contribution in [2.75, 3.05) is 36.4 Å². The number of nitrogens with zero attached hydrogens (tertiary/aromatic N) is 4. The molecule has 0 atom stereocenters. The number of Topliss-reactive ketones (excluding diaryl/α,β-unsaturated/α-hetero) is 1. The lowest BCUT2D eigenvalue weighted by Gasteiger charge is -2.36. The van der Waals surface area contributed by atoms with E-state index in [1.165, 1.54) is 4.88 Å². The van der Waals surface area contributed by atoms with Crippen molar-refractivity contribution >= 4 is 39.9 Å². The number of ketones is 1. The molecule has 1 amide bonds. The molecule has 190 valence electrons. The van der Waals surface area contributed by atoms with Gasteiger partial charge < -0.3 is 14.6 Å². The molecule has 38 heavy (non-hydrogen) atoms.